The predicted molar refractivity (Wildman–Crippen MR) is 211 cm³/mol. The maximum Gasteiger partial charge on any atom is 0.164 e. The molecule has 4 heteroatoms. The molecule has 0 unspecified atom stereocenters. The van der Waals surface area contributed by atoms with Crippen molar-refractivity contribution in [3.8, 4) is 51.0 Å². The van der Waals surface area contributed by atoms with Crippen LogP contribution < -0.4 is 0 Å². The van der Waals surface area contributed by atoms with Gasteiger partial charge in [-0.1, -0.05) is 133 Å². The first-order valence-corrected chi connectivity index (χ1v) is 17.2. The van der Waals surface area contributed by atoms with Crippen molar-refractivity contribution in [1.82, 2.24) is 19.5 Å². The van der Waals surface area contributed by atoms with Crippen LogP contribution in [-0.4, -0.2) is 19.5 Å². The number of aromatic nitrogens is 4. The summed E-state index contributed by atoms with van der Waals surface area (Å²) in [4.78, 5) is 15.3. The lowest BCUT2D eigenvalue weighted by Gasteiger charge is -2.12. The summed E-state index contributed by atoms with van der Waals surface area (Å²) in [6.07, 6.45) is 0. The minimum absolute atomic E-state index is 0.632. The summed E-state index contributed by atoms with van der Waals surface area (Å²) in [6.45, 7) is 0. The van der Waals surface area contributed by atoms with Crippen LogP contribution in [0.1, 0.15) is 0 Å². The van der Waals surface area contributed by atoms with Gasteiger partial charge in [0.05, 0.1) is 11.0 Å². The number of rotatable bonds is 5. The van der Waals surface area contributed by atoms with Gasteiger partial charge in [0.2, 0.25) is 0 Å². The van der Waals surface area contributed by atoms with Crippen LogP contribution in [0.3, 0.4) is 0 Å². The van der Waals surface area contributed by atoms with Crippen LogP contribution in [0.15, 0.2) is 182 Å². The Hall–Kier alpha value is -6.91. The number of nitrogens with zero attached hydrogens (tertiary/aromatic N) is 4. The molecule has 4 nitrogen and oxygen atoms in total. The molecular formula is C47H30N4. The zero-order valence-corrected chi connectivity index (χ0v) is 27.6. The summed E-state index contributed by atoms with van der Waals surface area (Å²) < 4.78 is 2.36. The Balaban J connectivity index is 1.14. The molecule has 0 N–H and O–H groups in total. The van der Waals surface area contributed by atoms with Gasteiger partial charge in [-0.3, -0.25) is 0 Å². The molecule has 8 aromatic carbocycles. The topological polar surface area (TPSA) is 43.6 Å². The second kappa shape index (κ2) is 11.9. The number of hydrogen-bond acceptors (Lipinski definition) is 3. The Kier molecular flexibility index (Phi) is 6.78. The number of benzene rings is 8. The second-order valence-corrected chi connectivity index (χ2v) is 12.9. The van der Waals surface area contributed by atoms with Gasteiger partial charge in [-0.25, -0.2) is 15.0 Å². The predicted octanol–water partition coefficient (Wildman–Crippen LogP) is 11.9. The molecule has 0 aliphatic carbocycles. The van der Waals surface area contributed by atoms with E-state index in [2.05, 4.69) is 180 Å². The Morgan fingerprint density at radius 2 is 0.902 bits per heavy atom. The van der Waals surface area contributed by atoms with Gasteiger partial charge in [-0.2, -0.15) is 0 Å². The molecule has 0 bridgehead atoms. The summed E-state index contributed by atoms with van der Waals surface area (Å²) in [7, 11) is 0. The average molecular weight is 651 g/mol. The van der Waals surface area contributed by atoms with Crippen LogP contribution >= 0.6 is 0 Å². The first kappa shape index (κ1) is 29.0. The van der Waals surface area contributed by atoms with Crippen LogP contribution in [0.4, 0.5) is 0 Å². The highest BCUT2D eigenvalue weighted by atomic mass is 15.0. The Labute approximate surface area is 295 Å². The number of para-hydroxylation sites is 1. The van der Waals surface area contributed by atoms with Crippen molar-refractivity contribution in [2.24, 2.45) is 0 Å². The highest BCUT2D eigenvalue weighted by Gasteiger charge is 2.17. The summed E-state index contributed by atoms with van der Waals surface area (Å²) >= 11 is 0. The highest BCUT2D eigenvalue weighted by molar-refractivity contribution is 6.13. The minimum atomic E-state index is 0.632. The fourth-order valence-electron chi connectivity index (χ4n) is 7.34. The fraction of sp³-hybridized carbons (Fsp3) is 0. The van der Waals surface area contributed by atoms with Crippen LogP contribution in [0.2, 0.25) is 0 Å². The molecule has 0 aliphatic rings. The van der Waals surface area contributed by atoms with E-state index in [1.165, 1.54) is 32.6 Å². The van der Waals surface area contributed by atoms with E-state index in [9.17, 15) is 0 Å². The van der Waals surface area contributed by atoms with Crippen molar-refractivity contribution in [1.29, 1.82) is 0 Å². The van der Waals surface area contributed by atoms with Gasteiger partial charge in [-0.15, -0.1) is 0 Å². The molecule has 238 valence electrons. The summed E-state index contributed by atoms with van der Waals surface area (Å²) in [5, 5.41) is 7.20. The van der Waals surface area contributed by atoms with Gasteiger partial charge >= 0.3 is 0 Å². The Morgan fingerprint density at radius 3 is 1.73 bits per heavy atom. The maximum absolute atomic E-state index is 5.13. The van der Waals surface area contributed by atoms with E-state index in [-0.39, 0.29) is 0 Å². The van der Waals surface area contributed by atoms with E-state index >= 15 is 0 Å². The van der Waals surface area contributed by atoms with Crippen molar-refractivity contribution in [2.75, 3.05) is 0 Å². The molecule has 0 saturated carbocycles. The molecule has 10 rings (SSSR count). The molecule has 2 heterocycles. The van der Waals surface area contributed by atoms with Crippen LogP contribution in [0.25, 0.3) is 94.3 Å². The molecule has 2 aromatic heterocycles. The monoisotopic (exact) mass is 650 g/mol. The highest BCUT2D eigenvalue weighted by Crippen LogP contribution is 2.36. The summed E-state index contributed by atoms with van der Waals surface area (Å²) in [5.74, 6) is 1.92. The molecule has 0 aliphatic heterocycles. The largest absolute Gasteiger partial charge is 0.309 e. The average Bonchev–Trinajstić information content (AvgIpc) is 3.53. The normalized spacial score (nSPS) is 11.5. The molecular weight excluding hydrogens is 621 g/mol. The SMILES string of the molecule is c1ccc(-c2cccc(-c3nc(-c4ccc(-n5c6ccccc6c6cc7ccccc7cc65)cc4)nc(-c4cccc5ccccc45)n3)c2)cc1. The molecule has 51 heavy (non-hydrogen) atoms. The second-order valence-electron chi connectivity index (χ2n) is 12.9. The first-order valence-electron chi connectivity index (χ1n) is 17.2. The van der Waals surface area contributed by atoms with Crippen molar-refractivity contribution >= 4 is 43.4 Å². The van der Waals surface area contributed by atoms with E-state index in [4.69, 9.17) is 15.0 Å². The first-order chi connectivity index (χ1) is 25.3. The van der Waals surface area contributed by atoms with Crippen LogP contribution in [-0.2, 0) is 0 Å². The van der Waals surface area contributed by atoms with Gasteiger partial charge in [-0.05, 0) is 81.2 Å². The third-order valence-corrected chi connectivity index (χ3v) is 9.82. The lowest BCUT2D eigenvalue weighted by atomic mass is 10.0. The van der Waals surface area contributed by atoms with Gasteiger partial charge in [0.1, 0.15) is 0 Å². The van der Waals surface area contributed by atoms with E-state index in [1.807, 2.05) is 6.07 Å². The Morgan fingerprint density at radius 1 is 0.314 bits per heavy atom. The van der Waals surface area contributed by atoms with Gasteiger partial charge in [0, 0.05) is 33.2 Å². The fourth-order valence-corrected chi connectivity index (χ4v) is 7.34. The summed E-state index contributed by atoms with van der Waals surface area (Å²) in [6, 6.07) is 64.0. The summed E-state index contributed by atoms with van der Waals surface area (Å²) in [5.41, 5.74) is 8.55. The van der Waals surface area contributed by atoms with E-state index in [0.29, 0.717) is 17.5 Å². The zero-order chi connectivity index (χ0) is 33.7. The zero-order valence-electron chi connectivity index (χ0n) is 27.6. The lowest BCUT2D eigenvalue weighted by molar-refractivity contribution is 1.07. The molecule has 0 radical (unpaired) electrons. The van der Waals surface area contributed by atoms with E-state index in [1.54, 1.807) is 0 Å². The van der Waals surface area contributed by atoms with E-state index in [0.717, 1.165) is 44.3 Å². The van der Waals surface area contributed by atoms with Gasteiger partial charge in [0.15, 0.2) is 17.5 Å². The third-order valence-electron chi connectivity index (χ3n) is 9.82. The quantitative estimate of drug-likeness (QED) is 0.186. The lowest BCUT2D eigenvalue weighted by Crippen LogP contribution is -2.01. The van der Waals surface area contributed by atoms with Crippen molar-refractivity contribution in [2.45, 2.75) is 0 Å². The van der Waals surface area contributed by atoms with Crippen molar-refractivity contribution < 1.29 is 0 Å². The minimum Gasteiger partial charge on any atom is -0.309 e. The van der Waals surface area contributed by atoms with Crippen LogP contribution in [0.5, 0.6) is 0 Å². The molecule has 0 spiro atoms. The van der Waals surface area contributed by atoms with Gasteiger partial charge in [0.25, 0.3) is 0 Å². The molecule has 0 amide bonds. The number of fused-ring (bicyclic) bond motifs is 5. The molecule has 0 fully saturated rings. The standard InChI is InChI=1S/C47H30N4/c1-2-12-31(13-3-1)34-18-10-19-37(28-34)46-48-45(49-47(50-46)41-22-11-17-32-14-6-7-20-39(32)41)33-24-26-38(27-25-33)51-43-23-9-8-21-40(43)42-29-35-15-4-5-16-36(35)30-44(42)51/h1-30H. The van der Waals surface area contributed by atoms with Crippen molar-refractivity contribution in [3.63, 3.8) is 0 Å². The number of hydrogen-bond donors (Lipinski definition) is 0. The van der Waals surface area contributed by atoms with Crippen molar-refractivity contribution in [3.05, 3.63) is 182 Å². The molecule has 10 aromatic rings. The third kappa shape index (κ3) is 5.04. The Bertz CT molecular complexity index is 2900. The molecule has 0 saturated heterocycles. The maximum atomic E-state index is 5.13. The van der Waals surface area contributed by atoms with Crippen LogP contribution in [0, 0.1) is 0 Å². The van der Waals surface area contributed by atoms with Gasteiger partial charge < -0.3 is 4.57 Å². The molecule has 0 atom stereocenters. The van der Waals surface area contributed by atoms with E-state index < -0.39 is 0 Å². The smallest absolute Gasteiger partial charge is 0.164 e.